The molecule has 0 aliphatic heterocycles. The van der Waals surface area contributed by atoms with Crippen LogP contribution in [-0.2, 0) is 22.1 Å². The normalized spacial score (nSPS) is 13.9. The van der Waals surface area contributed by atoms with Crippen molar-refractivity contribution in [1.82, 2.24) is 4.90 Å². The summed E-state index contributed by atoms with van der Waals surface area (Å²) >= 11 is 0. The molecule has 0 aromatic heterocycles. The summed E-state index contributed by atoms with van der Waals surface area (Å²) in [5.41, 5.74) is 0. The van der Waals surface area contributed by atoms with Gasteiger partial charge >= 0.3 is 11.9 Å². The van der Waals surface area contributed by atoms with Gasteiger partial charge in [0.05, 0.1) is 37.1 Å². The summed E-state index contributed by atoms with van der Waals surface area (Å²) in [5.74, 6) is -1.74. The van der Waals surface area contributed by atoms with Crippen LogP contribution in [0.2, 0.25) is 0 Å². The van der Waals surface area contributed by atoms with E-state index in [4.69, 9.17) is 17.7 Å². The van der Waals surface area contributed by atoms with Crippen LogP contribution in [0.3, 0.4) is 0 Å². The summed E-state index contributed by atoms with van der Waals surface area (Å²) in [4.78, 5) is 23.8. The maximum absolute atomic E-state index is 11.3. The van der Waals surface area contributed by atoms with Crippen LogP contribution in [0.1, 0.15) is 40.5 Å². The topological polar surface area (TPSA) is 106 Å². The molecule has 0 amide bonds. The van der Waals surface area contributed by atoms with Crippen molar-refractivity contribution in [2.24, 2.45) is 0 Å². The molecule has 144 valence electrons. The summed E-state index contributed by atoms with van der Waals surface area (Å²) in [7, 11) is -2.11. The average Bonchev–Trinajstić information content (AvgIpc) is 2.50. The Morgan fingerprint density at radius 1 is 1.00 bits per heavy atom. The van der Waals surface area contributed by atoms with Crippen molar-refractivity contribution < 1.29 is 32.4 Å². The molecule has 0 saturated heterocycles. The smallest absolute Gasteiger partial charge is 0.321 e. The van der Waals surface area contributed by atoms with Gasteiger partial charge in [-0.2, -0.15) is 0 Å². The SMILES string of the molecule is CCOS(CCCN(CC)[C@@H](CC(=O)O)C(=O)O)(OCC)OCC. The number of aliphatic carboxylic acids is 2. The zero-order chi connectivity index (χ0) is 18.6. The van der Waals surface area contributed by atoms with Crippen LogP contribution >= 0.6 is 10.9 Å². The average molecular weight is 369 g/mol. The van der Waals surface area contributed by atoms with Gasteiger partial charge in [0.1, 0.15) is 6.04 Å². The van der Waals surface area contributed by atoms with Crippen LogP contribution in [0.15, 0.2) is 0 Å². The van der Waals surface area contributed by atoms with E-state index in [0.29, 0.717) is 45.1 Å². The van der Waals surface area contributed by atoms with Gasteiger partial charge in [0.25, 0.3) is 0 Å². The third-order valence-electron chi connectivity index (χ3n) is 3.23. The molecule has 2 N–H and O–H groups in total. The van der Waals surface area contributed by atoms with E-state index in [0.717, 1.165) is 0 Å². The first kappa shape index (κ1) is 23.1. The fraction of sp³-hybridized carbons (Fsp3) is 0.867. The van der Waals surface area contributed by atoms with E-state index in [1.54, 1.807) is 4.90 Å². The van der Waals surface area contributed by atoms with Crippen molar-refractivity contribution in [2.75, 3.05) is 38.7 Å². The zero-order valence-electron chi connectivity index (χ0n) is 15.0. The first-order valence-corrected chi connectivity index (χ1v) is 9.86. The molecular formula is C15H31NO7S. The summed E-state index contributed by atoms with van der Waals surface area (Å²) in [6.07, 6.45) is 0.163. The summed E-state index contributed by atoms with van der Waals surface area (Å²) in [5, 5.41) is 18.2. The Morgan fingerprint density at radius 3 is 1.83 bits per heavy atom. The molecule has 0 unspecified atom stereocenters. The molecule has 9 heteroatoms. The predicted molar refractivity (Wildman–Crippen MR) is 92.9 cm³/mol. The number of likely N-dealkylation sites (N-methyl/N-ethyl adjacent to an activating group) is 1. The molecule has 24 heavy (non-hydrogen) atoms. The minimum absolute atomic E-state index is 0.427. The summed E-state index contributed by atoms with van der Waals surface area (Å²) < 4.78 is 17.1. The maximum atomic E-state index is 11.3. The zero-order valence-corrected chi connectivity index (χ0v) is 15.8. The minimum atomic E-state index is -2.11. The van der Waals surface area contributed by atoms with E-state index in [1.165, 1.54) is 0 Å². The summed E-state index contributed by atoms with van der Waals surface area (Å²) in [6, 6.07) is -1.04. The highest BCUT2D eigenvalue weighted by Crippen LogP contribution is 2.51. The molecule has 0 aromatic rings. The molecule has 0 bridgehead atoms. The molecule has 8 nitrogen and oxygen atoms in total. The van der Waals surface area contributed by atoms with Gasteiger partial charge in [-0.15, -0.1) is 0 Å². The second kappa shape index (κ2) is 12.5. The van der Waals surface area contributed by atoms with Crippen LogP contribution in [0.25, 0.3) is 0 Å². The third kappa shape index (κ3) is 8.29. The monoisotopic (exact) mass is 369 g/mol. The van der Waals surface area contributed by atoms with E-state index < -0.39 is 35.3 Å². The van der Waals surface area contributed by atoms with E-state index in [2.05, 4.69) is 0 Å². The van der Waals surface area contributed by atoms with Gasteiger partial charge in [0, 0.05) is 5.75 Å². The Morgan fingerprint density at radius 2 is 1.50 bits per heavy atom. The molecule has 0 aromatic carbocycles. The Kier molecular flexibility index (Phi) is 12.0. The lowest BCUT2D eigenvalue weighted by Gasteiger charge is -2.37. The van der Waals surface area contributed by atoms with Crippen molar-refractivity contribution >= 4 is 22.8 Å². The van der Waals surface area contributed by atoms with E-state index in [9.17, 15) is 14.7 Å². The number of hydrogen-bond acceptors (Lipinski definition) is 6. The molecule has 0 spiro atoms. The van der Waals surface area contributed by atoms with Gasteiger partial charge in [0.2, 0.25) is 0 Å². The Hall–Kier alpha value is -0.870. The quantitative estimate of drug-likeness (QED) is 0.453. The van der Waals surface area contributed by atoms with Crippen molar-refractivity contribution in [3.63, 3.8) is 0 Å². The van der Waals surface area contributed by atoms with Crippen LogP contribution in [-0.4, -0.2) is 71.8 Å². The van der Waals surface area contributed by atoms with Crippen molar-refractivity contribution in [1.29, 1.82) is 0 Å². The van der Waals surface area contributed by atoms with Crippen molar-refractivity contribution in [3.8, 4) is 0 Å². The minimum Gasteiger partial charge on any atom is -0.481 e. The molecule has 0 heterocycles. The van der Waals surface area contributed by atoms with Gasteiger partial charge in [-0.1, -0.05) is 6.92 Å². The Labute approximate surface area is 146 Å². The molecule has 0 saturated carbocycles. The maximum Gasteiger partial charge on any atom is 0.321 e. The number of rotatable bonds is 15. The number of hydrogen-bond donors (Lipinski definition) is 2. The molecule has 0 aliphatic carbocycles. The number of carboxylic acids is 2. The van der Waals surface area contributed by atoms with Gasteiger partial charge < -0.3 is 10.2 Å². The second-order valence-electron chi connectivity index (χ2n) is 4.92. The van der Waals surface area contributed by atoms with E-state index >= 15 is 0 Å². The van der Waals surface area contributed by atoms with Crippen LogP contribution in [0.4, 0.5) is 0 Å². The van der Waals surface area contributed by atoms with E-state index in [1.807, 2.05) is 27.7 Å². The van der Waals surface area contributed by atoms with Gasteiger partial charge in [0.15, 0.2) is 0 Å². The molecule has 0 aliphatic rings. The highest BCUT2D eigenvalue weighted by atomic mass is 32.3. The molecule has 0 fully saturated rings. The third-order valence-corrected chi connectivity index (χ3v) is 5.81. The van der Waals surface area contributed by atoms with Gasteiger partial charge in [-0.3, -0.25) is 27.0 Å². The fourth-order valence-electron chi connectivity index (χ4n) is 2.33. The Balaban J connectivity index is 4.83. The van der Waals surface area contributed by atoms with Crippen molar-refractivity contribution in [3.05, 3.63) is 0 Å². The number of carbonyl (C=O) groups is 2. The van der Waals surface area contributed by atoms with Gasteiger partial charge in [-0.25, -0.2) is 0 Å². The first-order chi connectivity index (χ1) is 11.4. The van der Waals surface area contributed by atoms with E-state index in [-0.39, 0.29) is 0 Å². The predicted octanol–water partition coefficient (Wildman–Crippen LogP) is 2.29. The lowest BCUT2D eigenvalue weighted by Crippen LogP contribution is -2.43. The lowest BCUT2D eigenvalue weighted by atomic mass is 10.1. The number of carboxylic acid groups (broad SMARTS) is 2. The highest BCUT2D eigenvalue weighted by Gasteiger charge is 2.29. The standard InChI is InChI=1S/C15H31NO7S/c1-5-16(13(15(19)20)12-14(17)18)10-9-11-24(21-6-2,22-7-3)23-8-4/h13H,5-12H2,1-4H3,(H,17,18)(H,19,20)/t13-/m0/s1. The second-order valence-corrected chi connectivity index (χ2v) is 7.15. The largest absolute Gasteiger partial charge is 0.481 e. The van der Waals surface area contributed by atoms with Crippen LogP contribution < -0.4 is 0 Å². The molecule has 0 rings (SSSR count). The number of nitrogens with zero attached hydrogens (tertiary/aromatic N) is 1. The summed E-state index contributed by atoms with van der Waals surface area (Å²) in [6.45, 7) is 9.68. The van der Waals surface area contributed by atoms with Gasteiger partial charge in [-0.05, 0) is 40.3 Å². The van der Waals surface area contributed by atoms with Crippen LogP contribution in [0, 0.1) is 0 Å². The molecule has 0 radical (unpaired) electrons. The fourth-order valence-corrected chi connectivity index (χ4v) is 4.45. The lowest BCUT2D eigenvalue weighted by molar-refractivity contribution is -0.149. The first-order valence-electron chi connectivity index (χ1n) is 8.28. The van der Waals surface area contributed by atoms with Crippen LogP contribution in [0.5, 0.6) is 0 Å². The Bertz CT molecular complexity index is 364. The molecule has 1 atom stereocenters. The highest BCUT2D eigenvalue weighted by molar-refractivity contribution is 8.21. The molecular weight excluding hydrogens is 338 g/mol. The van der Waals surface area contributed by atoms with Crippen molar-refractivity contribution in [2.45, 2.75) is 46.6 Å².